The topological polar surface area (TPSA) is 53.5 Å². The molecule has 4 aromatic heterocycles. The molecule has 0 saturated carbocycles. The van der Waals surface area contributed by atoms with Crippen molar-refractivity contribution >= 4 is 65.4 Å². The summed E-state index contributed by atoms with van der Waals surface area (Å²) in [5, 5.41) is 7.40. The molecule has 0 aliphatic rings. The summed E-state index contributed by atoms with van der Waals surface area (Å²) in [6.07, 6.45) is 0. The number of nitrogens with zero attached hydrogens (tertiary/aromatic N) is 6. The van der Waals surface area contributed by atoms with E-state index >= 15 is 0 Å². The SMILES string of the molecule is c1ccc2c(c1)c1ccccc1n2-c1ccc(-c2nc(-c3ccc(-n4c5ccccc5c5ccccc54)cc3)nc(-c3ccc(-n4c5ccccc5c5ccccc54)cc3)n2)cc1. The van der Waals surface area contributed by atoms with Gasteiger partial charge in [-0.3, -0.25) is 0 Å². The van der Waals surface area contributed by atoms with Crippen LogP contribution in [0.3, 0.4) is 0 Å². The highest BCUT2D eigenvalue weighted by Crippen LogP contribution is 2.36. The summed E-state index contributed by atoms with van der Waals surface area (Å²) in [6.45, 7) is 0. The lowest BCUT2D eigenvalue weighted by Gasteiger charge is -2.12. The van der Waals surface area contributed by atoms with Crippen LogP contribution in [-0.4, -0.2) is 28.7 Å². The fourth-order valence-corrected chi connectivity index (χ4v) is 9.64. The Morgan fingerprint density at radius 2 is 0.397 bits per heavy atom. The summed E-state index contributed by atoms with van der Waals surface area (Å²) in [6, 6.07) is 77.3. The second kappa shape index (κ2) is 14.0. The molecule has 0 radical (unpaired) electrons. The van der Waals surface area contributed by atoms with E-state index < -0.39 is 0 Å². The van der Waals surface area contributed by atoms with E-state index in [2.05, 4.69) is 232 Å². The Balaban J connectivity index is 0.933. The number of benzene rings is 9. The smallest absolute Gasteiger partial charge is 0.164 e. The highest BCUT2D eigenvalue weighted by molar-refractivity contribution is 6.11. The molecule has 0 bridgehead atoms. The number of para-hydroxylation sites is 6. The lowest BCUT2D eigenvalue weighted by Crippen LogP contribution is -2.01. The largest absolute Gasteiger partial charge is 0.309 e. The molecule has 9 aromatic carbocycles. The number of rotatable bonds is 6. The molecule has 0 saturated heterocycles. The van der Waals surface area contributed by atoms with Crippen LogP contribution >= 0.6 is 0 Å². The number of aromatic nitrogens is 6. The molecule has 0 unspecified atom stereocenters. The molecule has 13 rings (SSSR count). The van der Waals surface area contributed by atoms with Crippen molar-refractivity contribution in [2.24, 2.45) is 0 Å². The lowest BCUT2D eigenvalue weighted by atomic mass is 10.1. The van der Waals surface area contributed by atoms with E-state index in [-0.39, 0.29) is 0 Å². The van der Waals surface area contributed by atoms with Crippen LogP contribution in [0.5, 0.6) is 0 Å². The monoisotopic (exact) mass is 804 g/mol. The van der Waals surface area contributed by atoms with Gasteiger partial charge < -0.3 is 13.7 Å². The van der Waals surface area contributed by atoms with Gasteiger partial charge in [0.2, 0.25) is 0 Å². The highest BCUT2D eigenvalue weighted by atomic mass is 15.0. The number of hydrogen-bond donors (Lipinski definition) is 0. The zero-order valence-corrected chi connectivity index (χ0v) is 34.0. The molecule has 0 atom stereocenters. The second-order valence-electron chi connectivity index (χ2n) is 16.1. The lowest BCUT2D eigenvalue weighted by molar-refractivity contribution is 1.07. The summed E-state index contributed by atoms with van der Waals surface area (Å²) >= 11 is 0. The van der Waals surface area contributed by atoms with Gasteiger partial charge in [0.25, 0.3) is 0 Å². The van der Waals surface area contributed by atoms with Gasteiger partial charge in [0.05, 0.1) is 33.1 Å². The van der Waals surface area contributed by atoms with E-state index in [9.17, 15) is 0 Å². The Kier molecular flexibility index (Phi) is 7.80. The maximum absolute atomic E-state index is 5.17. The minimum atomic E-state index is 0.613. The molecule has 6 heteroatoms. The van der Waals surface area contributed by atoms with E-state index in [4.69, 9.17) is 15.0 Å². The summed E-state index contributed by atoms with van der Waals surface area (Å²) in [5.41, 5.74) is 13.0. The van der Waals surface area contributed by atoms with Gasteiger partial charge >= 0.3 is 0 Å². The molecular weight excluding hydrogens is 769 g/mol. The maximum Gasteiger partial charge on any atom is 0.164 e. The fourth-order valence-electron chi connectivity index (χ4n) is 9.64. The quantitative estimate of drug-likeness (QED) is 0.168. The van der Waals surface area contributed by atoms with E-state index in [1.807, 2.05) is 0 Å². The molecule has 0 aliphatic carbocycles. The van der Waals surface area contributed by atoms with Crippen molar-refractivity contribution in [2.75, 3.05) is 0 Å². The zero-order valence-electron chi connectivity index (χ0n) is 34.0. The van der Waals surface area contributed by atoms with Crippen LogP contribution < -0.4 is 0 Å². The van der Waals surface area contributed by atoms with Crippen LogP contribution in [0.1, 0.15) is 0 Å². The average molecular weight is 805 g/mol. The molecule has 0 fully saturated rings. The van der Waals surface area contributed by atoms with Gasteiger partial charge in [-0.1, -0.05) is 109 Å². The normalized spacial score (nSPS) is 11.8. The molecule has 0 aliphatic heterocycles. The first kappa shape index (κ1) is 35.2. The third kappa shape index (κ3) is 5.55. The van der Waals surface area contributed by atoms with Crippen molar-refractivity contribution in [2.45, 2.75) is 0 Å². The fraction of sp³-hybridized carbons (Fsp3) is 0. The van der Waals surface area contributed by atoms with E-state index in [0.717, 1.165) is 33.8 Å². The summed E-state index contributed by atoms with van der Waals surface area (Å²) in [7, 11) is 0. The van der Waals surface area contributed by atoms with Gasteiger partial charge in [0, 0.05) is 66.1 Å². The average Bonchev–Trinajstić information content (AvgIpc) is 4.00. The highest BCUT2D eigenvalue weighted by Gasteiger charge is 2.18. The van der Waals surface area contributed by atoms with Crippen LogP contribution in [0.2, 0.25) is 0 Å². The Bertz CT molecular complexity index is 3310. The van der Waals surface area contributed by atoms with Crippen molar-refractivity contribution in [3.8, 4) is 51.2 Å². The third-order valence-electron chi connectivity index (χ3n) is 12.5. The first-order valence-corrected chi connectivity index (χ1v) is 21.3. The molecule has 294 valence electrons. The maximum atomic E-state index is 5.17. The Labute approximate surface area is 362 Å². The van der Waals surface area contributed by atoms with Crippen LogP contribution in [0.4, 0.5) is 0 Å². The zero-order chi connectivity index (χ0) is 41.4. The first-order chi connectivity index (χ1) is 31.2. The van der Waals surface area contributed by atoms with Crippen molar-refractivity contribution in [1.29, 1.82) is 0 Å². The minimum absolute atomic E-state index is 0.613. The van der Waals surface area contributed by atoms with Crippen LogP contribution in [0.15, 0.2) is 218 Å². The Hall–Kier alpha value is -8.61. The molecule has 13 aromatic rings. The molecule has 6 nitrogen and oxygen atoms in total. The van der Waals surface area contributed by atoms with Crippen LogP contribution in [0.25, 0.3) is 117 Å². The van der Waals surface area contributed by atoms with Gasteiger partial charge in [-0.05, 0) is 109 Å². The van der Waals surface area contributed by atoms with Gasteiger partial charge in [-0.25, -0.2) is 15.0 Å². The standard InChI is InChI=1S/C57H36N6/c1-7-19-49-43(13-1)44-14-2-8-20-50(44)61(49)40-31-25-37(26-32-40)55-58-56(38-27-33-41(34-28-38)62-51-21-9-3-15-45(51)46-16-4-10-22-52(46)62)60-57(59-55)39-29-35-42(36-30-39)63-53-23-11-5-17-47(53)48-18-6-12-24-54(48)63/h1-36H. The van der Waals surface area contributed by atoms with Crippen molar-refractivity contribution in [3.05, 3.63) is 218 Å². The van der Waals surface area contributed by atoms with E-state index in [1.54, 1.807) is 0 Å². The van der Waals surface area contributed by atoms with Gasteiger partial charge in [0.1, 0.15) is 0 Å². The van der Waals surface area contributed by atoms with E-state index in [1.165, 1.54) is 65.4 Å². The molecule has 63 heavy (non-hydrogen) atoms. The van der Waals surface area contributed by atoms with Crippen molar-refractivity contribution < 1.29 is 0 Å². The van der Waals surface area contributed by atoms with Crippen LogP contribution in [0, 0.1) is 0 Å². The molecule has 0 amide bonds. The minimum Gasteiger partial charge on any atom is -0.309 e. The molecule has 0 spiro atoms. The Morgan fingerprint density at radius 1 is 0.206 bits per heavy atom. The van der Waals surface area contributed by atoms with Crippen molar-refractivity contribution in [3.63, 3.8) is 0 Å². The number of hydrogen-bond acceptors (Lipinski definition) is 3. The summed E-state index contributed by atoms with van der Waals surface area (Å²) in [4.78, 5) is 15.5. The predicted octanol–water partition coefficient (Wildman–Crippen LogP) is 14.2. The van der Waals surface area contributed by atoms with Crippen LogP contribution in [-0.2, 0) is 0 Å². The predicted molar refractivity (Wildman–Crippen MR) is 259 cm³/mol. The van der Waals surface area contributed by atoms with Gasteiger partial charge in [-0.2, -0.15) is 0 Å². The van der Waals surface area contributed by atoms with Crippen molar-refractivity contribution in [1.82, 2.24) is 28.7 Å². The first-order valence-electron chi connectivity index (χ1n) is 21.3. The number of fused-ring (bicyclic) bond motifs is 9. The Morgan fingerprint density at radius 3 is 0.603 bits per heavy atom. The third-order valence-corrected chi connectivity index (χ3v) is 12.5. The van der Waals surface area contributed by atoms with E-state index in [0.29, 0.717) is 17.5 Å². The molecular formula is C57H36N6. The summed E-state index contributed by atoms with van der Waals surface area (Å²) in [5.74, 6) is 1.84. The van der Waals surface area contributed by atoms with Gasteiger partial charge in [0.15, 0.2) is 17.5 Å². The molecule has 0 N–H and O–H groups in total. The molecule has 4 heterocycles. The van der Waals surface area contributed by atoms with Gasteiger partial charge in [-0.15, -0.1) is 0 Å². The second-order valence-corrected chi connectivity index (χ2v) is 16.1. The summed E-state index contributed by atoms with van der Waals surface area (Å²) < 4.78 is 6.99.